The van der Waals surface area contributed by atoms with Gasteiger partial charge in [-0.1, -0.05) is 0 Å². The Morgan fingerprint density at radius 1 is 1.27 bits per heavy atom. The van der Waals surface area contributed by atoms with Crippen LogP contribution in [0.1, 0.15) is 6.42 Å². The van der Waals surface area contributed by atoms with E-state index in [1.807, 2.05) is 0 Å². The number of halogens is 3. The van der Waals surface area contributed by atoms with E-state index in [0.717, 1.165) is 39.3 Å². The summed E-state index contributed by atoms with van der Waals surface area (Å²) in [5.74, 6) is 0. The normalized spacial score (nSPS) is 17.8. The van der Waals surface area contributed by atoms with Crippen molar-refractivity contribution in [2.45, 2.75) is 12.8 Å². The first-order valence-corrected chi connectivity index (χ1v) is 5.08. The van der Waals surface area contributed by atoms with Gasteiger partial charge in [0, 0.05) is 13.1 Å². The summed E-state index contributed by atoms with van der Waals surface area (Å²) in [6.45, 7) is 4.98. The van der Waals surface area contributed by atoms with Crippen molar-refractivity contribution in [2.24, 2.45) is 0 Å². The number of nitrogens with one attached hydrogen (secondary N) is 1. The van der Waals surface area contributed by atoms with Gasteiger partial charge in [-0.05, 0) is 19.5 Å². The van der Waals surface area contributed by atoms with Crippen molar-refractivity contribution in [3.05, 3.63) is 0 Å². The molecule has 15 heavy (non-hydrogen) atoms. The largest absolute Gasteiger partial charge is 0.379 e. The molecule has 0 saturated carbocycles. The SMILES string of the molecule is Cl.FC(F)CNCCCN1CCOCC1. The molecule has 6 heteroatoms. The summed E-state index contributed by atoms with van der Waals surface area (Å²) in [5, 5.41) is 2.72. The molecule has 1 fully saturated rings. The highest BCUT2D eigenvalue weighted by molar-refractivity contribution is 5.85. The lowest BCUT2D eigenvalue weighted by atomic mass is 10.3. The van der Waals surface area contributed by atoms with E-state index >= 15 is 0 Å². The minimum absolute atomic E-state index is 0. The Bertz CT molecular complexity index is 146. The molecule has 0 atom stereocenters. The zero-order valence-corrected chi connectivity index (χ0v) is 9.57. The van der Waals surface area contributed by atoms with Gasteiger partial charge >= 0.3 is 0 Å². The molecule has 1 rings (SSSR count). The maximum atomic E-state index is 11.7. The number of hydrogen-bond donors (Lipinski definition) is 1. The van der Waals surface area contributed by atoms with E-state index < -0.39 is 6.43 Å². The van der Waals surface area contributed by atoms with Crippen LogP contribution in [0.2, 0.25) is 0 Å². The van der Waals surface area contributed by atoms with Gasteiger partial charge in [0.25, 0.3) is 6.43 Å². The molecule has 0 aromatic heterocycles. The standard InChI is InChI=1S/C9H18F2N2O.ClH/c10-9(11)8-12-2-1-3-13-4-6-14-7-5-13;/h9,12H,1-8H2;1H. The van der Waals surface area contributed by atoms with Crippen molar-refractivity contribution in [3.63, 3.8) is 0 Å². The molecule has 3 nitrogen and oxygen atoms in total. The van der Waals surface area contributed by atoms with E-state index in [1.54, 1.807) is 0 Å². The van der Waals surface area contributed by atoms with Crippen LogP contribution in [0.4, 0.5) is 8.78 Å². The van der Waals surface area contributed by atoms with Crippen molar-refractivity contribution in [1.29, 1.82) is 0 Å². The van der Waals surface area contributed by atoms with Crippen LogP contribution in [0, 0.1) is 0 Å². The molecule has 0 aromatic carbocycles. The van der Waals surface area contributed by atoms with Gasteiger partial charge in [-0.15, -0.1) is 12.4 Å². The predicted octanol–water partition coefficient (Wildman–Crippen LogP) is 0.985. The quantitative estimate of drug-likeness (QED) is 0.706. The zero-order chi connectivity index (χ0) is 10.2. The van der Waals surface area contributed by atoms with Gasteiger partial charge in [0.05, 0.1) is 19.8 Å². The summed E-state index contributed by atoms with van der Waals surface area (Å²) in [5.41, 5.74) is 0. The maximum Gasteiger partial charge on any atom is 0.250 e. The van der Waals surface area contributed by atoms with Gasteiger partial charge in [-0.2, -0.15) is 0 Å². The predicted molar refractivity (Wildman–Crippen MR) is 58.0 cm³/mol. The molecule has 0 aromatic rings. The van der Waals surface area contributed by atoms with Gasteiger partial charge < -0.3 is 10.1 Å². The first kappa shape index (κ1) is 15.0. The molecule has 1 aliphatic rings. The fraction of sp³-hybridized carbons (Fsp3) is 1.00. The van der Waals surface area contributed by atoms with Crippen LogP contribution in [0.25, 0.3) is 0 Å². The van der Waals surface area contributed by atoms with E-state index in [0.29, 0.717) is 6.54 Å². The number of ether oxygens (including phenoxy) is 1. The van der Waals surface area contributed by atoms with Crippen LogP contribution < -0.4 is 5.32 Å². The van der Waals surface area contributed by atoms with Gasteiger partial charge in [0.15, 0.2) is 0 Å². The fourth-order valence-electron chi connectivity index (χ4n) is 1.46. The van der Waals surface area contributed by atoms with Crippen molar-refractivity contribution in [1.82, 2.24) is 10.2 Å². The molecule has 0 unspecified atom stereocenters. The summed E-state index contributed by atoms with van der Waals surface area (Å²) in [6.07, 6.45) is -1.31. The summed E-state index contributed by atoms with van der Waals surface area (Å²) >= 11 is 0. The van der Waals surface area contributed by atoms with E-state index in [2.05, 4.69) is 10.2 Å². The third kappa shape index (κ3) is 7.90. The number of alkyl halides is 2. The number of nitrogens with zero attached hydrogens (tertiary/aromatic N) is 1. The van der Waals surface area contributed by atoms with Gasteiger partial charge in [-0.25, -0.2) is 8.78 Å². The van der Waals surface area contributed by atoms with Crippen LogP contribution in [0.5, 0.6) is 0 Å². The van der Waals surface area contributed by atoms with Crippen molar-refractivity contribution >= 4 is 12.4 Å². The molecular formula is C9H19ClF2N2O. The van der Waals surface area contributed by atoms with E-state index in [1.165, 1.54) is 0 Å². The third-order valence-electron chi connectivity index (χ3n) is 2.23. The van der Waals surface area contributed by atoms with Gasteiger partial charge in [-0.3, -0.25) is 4.90 Å². The Hall–Kier alpha value is 0.0300. The van der Waals surface area contributed by atoms with Crippen LogP contribution in [0.15, 0.2) is 0 Å². The van der Waals surface area contributed by atoms with Crippen molar-refractivity contribution in [3.8, 4) is 0 Å². The molecule has 1 heterocycles. The average molecular weight is 245 g/mol. The molecule has 0 aliphatic carbocycles. The second kappa shape index (κ2) is 9.27. The second-order valence-corrected chi connectivity index (χ2v) is 3.40. The van der Waals surface area contributed by atoms with E-state index in [4.69, 9.17) is 4.74 Å². The molecule has 0 spiro atoms. The molecule has 1 aliphatic heterocycles. The van der Waals surface area contributed by atoms with Gasteiger partial charge in [0.2, 0.25) is 0 Å². The van der Waals surface area contributed by atoms with Crippen LogP contribution in [-0.2, 0) is 4.74 Å². The third-order valence-corrected chi connectivity index (χ3v) is 2.23. The molecule has 0 bridgehead atoms. The number of hydrogen-bond acceptors (Lipinski definition) is 3. The molecule has 1 saturated heterocycles. The average Bonchev–Trinajstić information content (AvgIpc) is 2.18. The Morgan fingerprint density at radius 3 is 2.53 bits per heavy atom. The summed E-state index contributed by atoms with van der Waals surface area (Å²) in [4.78, 5) is 2.30. The van der Waals surface area contributed by atoms with Crippen molar-refractivity contribution in [2.75, 3.05) is 45.9 Å². The zero-order valence-electron chi connectivity index (χ0n) is 8.75. The van der Waals surface area contributed by atoms with Crippen LogP contribution >= 0.6 is 12.4 Å². The lowest BCUT2D eigenvalue weighted by Gasteiger charge is -2.26. The lowest BCUT2D eigenvalue weighted by Crippen LogP contribution is -2.38. The van der Waals surface area contributed by atoms with Crippen LogP contribution in [-0.4, -0.2) is 57.3 Å². The summed E-state index contributed by atoms with van der Waals surface area (Å²) in [7, 11) is 0. The summed E-state index contributed by atoms with van der Waals surface area (Å²) in [6, 6.07) is 0. The molecule has 1 N–H and O–H groups in total. The minimum Gasteiger partial charge on any atom is -0.379 e. The first-order valence-electron chi connectivity index (χ1n) is 5.08. The molecular weight excluding hydrogens is 226 g/mol. The highest BCUT2D eigenvalue weighted by atomic mass is 35.5. The van der Waals surface area contributed by atoms with E-state index in [9.17, 15) is 8.78 Å². The maximum absolute atomic E-state index is 11.7. The number of morpholine rings is 1. The minimum atomic E-state index is -2.24. The number of rotatable bonds is 6. The highest BCUT2D eigenvalue weighted by Crippen LogP contribution is 1.97. The highest BCUT2D eigenvalue weighted by Gasteiger charge is 2.09. The first-order chi connectivity index (χ1) is 6.79. The Kier molecular flexibility index (Phi) is 9.29. The summed E-state index contributed by atoms with van der Waals surface area (Å²) < 4.78 is 28.7. The lowest BCUT2D eigenvalue weighted by molar-refractivity contribution is 0.0373. The molecule has 0 radical (unpaired) electrons. The van der Waals surface area contributed by atoms with E-state index in [-0.39, 0.29) is 19.0 Å². The Morgan fingerprint density at radius 2 is 1.93 bits per heavy atom. The molecule has 92 valence electrons. The molecule has 0 amide bonds. The van der Waals surface area contributed by atoms with Crippen LogP contribution in [0.3, 0.4) is 0 Å². The fourth-order valence-corrected chi connectivity index (χ4v) is 1.46. The Labute approximate surface area is 95.6 Å². The topological polar surface area (TPSA) is 24.5 Å². The van der Waals surface area contributed by atoms with Gasteiger partial charge in [0.1, 0.15) is 0 Å². The second-order valence-electron chi connectivity index (χ2n) is 3.40. The smallest absolute Gasteiger partial charge is 0.250 e. The van der Waals surface area contributed by atoms with Crippen molar-refractivity contribution < 1.29 is 13.5 Å². The Balaban J connectivity index is 0.00000196. The monoisotopic (exact) mass is 244 g/mol.